The highest BCUT2D eigenvalue weighted by Gasteiger charge is 2.38. The highest BCUT2D eigenvalue weighted by Crippen LogP contribution is 2.34. The third kappa shape index (κ3) is 3.46. The van der Waals surface area contributed by atoms with Crippen molar-refractivity contribution in [1.29, 1.82) is 0 Å². The van der Waals surface area contributed by atoms with Crippen molar-refractivity contribution in [2.45, 2.75) is 45.1 Å². The van der Waals surface area contributed by atoms with Gasteiger partial charge in [-0.1, -0.05) is 6.92 Å². The molecule has 1 saturated heterocycles. The monoisotopic (exact) mass is 252 g/mol. The first-order valence-corrected chi connectivity index (χ1v) is 7.83. The molecule has 1 unspecified atom stereocenters. The van der Waals surface area contributed by atoms with Crippen molar-refractivity contribution in [2.75, 3.05) is 39.4 Å². The zero-order chi connectivity index (χ0) is 12.4. The Bertz CT molecular complexity index is 268. The number of ether oxygens (including phenoxy) is 1. The summed E-state index contributed by atoms with van der Waals surface area (Å²) in [6.45, 7) is 9.16. The SMILES string of the molecule is CCN(CC1CC1)CC1(CNC2CC2)CCOC1. The van der Waals surface area contributed by atoms with Crippen LogP contribution in [0.1, 0.15) is 39.0 Å². The molecule has 3 rings (SSSR count). The van der Waals surface area contributed by atoms with Crippen LogP contribution < -0.4 is 5.32 Å². The van der Waals surface area contributed by atoms with Gasteiger partial charge in [-0.2, -0.15) is 0 Å². The number of hydrogen-bond acceptors (Lipinski definition) is 3. The van der Waals surface area contributed by atoms with E-state index in [0.29, 0.717) is 5.41 Å². The van der Waals surface area contributed by atoms with Crippen molar-refractivity contribution in [3.8, 4) is 0 Å². The molecular formula is C15H28N2O. The van der Waals surface area contributed by atoms with Crippen molar-refractivity contribution in [3.05, 3.63) is 0 Å². The Morgan fingerprint density at radius 1 is 1.28 bits per heavy atom. The molecule has 2 saturated carbocycles. The Morgan fingerprint density at radius 2 is 2.11 bits per heavy atom. The summed E-state index contributed by atoms with van der Waals surface area (Å²) in [5.74, 6) is 1.00. The molecule has 2 aliphatic carbocycles. The summed E-state index contributed by atoms with van der Waals surface area (Å²) in [4.78, 5) is 2.67. The van der Waals surface area contributed by atoms with E-state index in [1.54, 1.807) is 0 Å². The average molecular weight is 252 g/mol. The predicted molar refractivity (Wildman–Crippen MR) is 73.7 cm³/mol. The van der Waals surface area contributed by atoms with Crippen LogP contribution in [0.2, 0.25) is 0 Å². The van der Waals surface area contributed by atoms with Crippen LogP contribution in [0.25, 0.3) is 0 Å². The van der Waals surface area contributed by atoms with Crippen LogP contribution in [0, 0.1) is 11.3 Å². The lowest BCUT2D eigenvalue weighted by Crippen LogP contribution is -2.45. The Morgan fingerprint density at radius 3 is 2.67 bits per heavy atom. The lowest BCUT2D eigenvalue weighted by atomic mass is 9.86. The van der Waals surface area contributed by atoms with Gasteiger partial charge < -0.3 is 15.0 Å². The number of nitrogens with one attached hydrogen (secondary N) is 1. The molecule has 0 aromatic rings. The van der Waals surface area contributed by atoms with Crippen LogP contribution in [0.15, 0.2) is 0 Å². The molecule has 0 bridgehead atoms. The molecule has 0 radical (unpaired) electrons. The van der Waals surface area contributed by atoms with Crippen molar-refractivity contribution >= 4 is 0 Å². The van der Waals surface area contributed by atoms with Crippen molar-refractivity contribution in [2.24, 2.45) is 11.3 Å². The topological polar surface area (TPSA) is 24.5 Å². The fraction of sp³-hybridized carbons (Fsp3) is 1.00. The highest BCUT2D eigenvalue weighted by atomic mass is 16.5. The van der Waals surface area contributed by atoms with Crippen LogP contribution in [0.5, 0.6) is 0 Å². The summed E-state index contributed by atoms with van der Waals surface area (Å²) >= 11 is 0. The van der Waals surface area contributed by atoms with E-state index in [1.165, 1.54) is 58.3 Å². The molecule has 0 spiro atoms. The van der Waals surface area contributed by atoms with E-state index in [9.17, 15) is 0 Å². The van der Waals surface area contributed by atoms with Gasteiger partial charge in [0.25, 0.3) is 0 Å². The molecule has 3 aliphatic rings. The first-order chi connectivity index (χ1) is 8.80. The van der Waals surface area contributed by atoms with Gasteiger partial charge >= 0.3 is 0 Å². The van der Waals surface area contributed by atoms with Gasteiger partial charge in [-0.05, 0) is 44.6 Å². The maximum Gasteiger partial charge on any atom is 0.0547 e. The van der Waals surface area contributed by atoms with Gasteiger partial charge in [0.15, 0.2) is 0 Å². The maximum atomic E-state index is 5.71. The Labute approximate surface area is 111 Å². The molecule has 1 aliphatic heterocycles. The molecule has 104 valence electrons. The quantitative estimate of drug-likeness (QED) is 0.714. The normalized spacial score (nSPS) is 32.3. The van der Waals surface area contributed by atoms with Crippen molar-refractivity contribution in [3.63, 3.8) is 0 Å². The Balaban J connectivity index is 1.52. The van der Waals surface area contributed by atoms with Crippen LogP contribution in [-0.4, -0.2) is 50.3 Å². The molecule has 3 heteroatoms. The highest BCUT2D eigenvalue weighted by molar-refractivity contribution is 4.92. The largest absolute Gasteiger partial charge is 0.381 e. The fourth-order valence-corrected chi connectivity index (χ4v) is 3.06. The number of rotatable bonds is 8. The minimum atomic E-state index is 0.396. The van der Waals surface area contributed by atoms with Crippen molar-refractivity contribution in [1.82, 2.24) is 10.2 Å². The number of hydrogen-bond donors (Lipinski definition) is 1. The lowest BCUT2D eigenvalue weighted by Gasteiger charge is -2.34. The van der Waals surface area contributed by atoms with Crippen LogP contribution >= 0.6 is 0 Å². The van der Waals surface area contributed by atoms with E-state index in [2.05, 4.69) is 17.1 Å². The molecule has 18 heavy (non-hydrogen) atoms. The summed E-state index contributed by atoms with van der Waals surface area (Å²) in [7, 11) is 0. The Hall–Kier alpha value is -0.120. The standard InChI is InChI=1S/C15H28N2O/c1-2-17(9-13-3-4-13)11-15(7-8-18-12-15)10-16-14-5-6-14/h13-14,16H,2-12H2,1H3. The maximum absolute atomic E-state index is 5.71. The van der Waals surface area contributed by atoms with Crippen LogP contribution in [0.4, 0.5) is 0 Å². The molecule has 1 N–H and O–H groups in total. The van der Waals surface area contributed by atoms with Gasteiger partial charge in [0.05, 0.1) is 6.61 Å². The zero-order valence-electron chi connectivity index (χ0n) is 11.8. The second-order valence-electron chi connectivity index (χ2n) is 6.73. The first kappa shape index (κ1) is 12.9. The van der Waals surface area contributed by atoms with E-state index in [4.69, 9.17) is 4.74 Å². The Kier molecular flexibility index (Phi) is 3.92. The smallest absolute Gasteiger partial charge is 0.0547 e. The molecule has 0 amide bonds. The predicted octanol–water partition coefficient (Wildman–Crippen LogP) is 1.88. The lowest BCUT2D eigenvalue weighted by molar-refractivity contribution is 0.108. The minimum Gasteiger partial charge on any atom is -0.381 e. The molecule has 0 aromatic carbocycles. The molecule has 0 aromatic heterocycles. The van der Waals surface area contributed by atoms with E-state index >= 15 is 0 Å². The zero-order valence-corrected chi connectivity index (χ0v) is 11.8. The van der Waals surface area contributed by atoms with Crippen molar-refractivity contribution < 1.29 is 4.74 Å². The summed E-state index contributed by atoms with van der Waals surface area (Å²) in [5, 5.41) is 3.73. The summed E-state index contributed by atoms with van der Waals surface area (Å²) in [6, 6.07) is 0.820. The van der Waals surface area contributed by atoms with E-state index in [0.717, 1.165) is 25.2 Å². The summed E-state index contributed by atoms with van der Waals surface area (Å²) in [6.07, 6.45) is 6.93. The first-order valence-electron chi connectivity index (χ1n) is 7.83. The van der Waals surface area contributed by atoms with Gasteiger partial charge in [-0.3, -0.25) is 0 Å². The molecule has 3 fully saturated rings. The van der Waals surface area contributed by atoms with Crippen LogP contribution in [0.3, 0.4) is 0 Å². The van der Waals surface area contributed by atoms with Gasteiger partial charge in [-0.25, -0.2) is 0 Å². The molecular weight excluding hydrogens is 224 g/mol. The second kappa shape index (κ2) is 5.48. The van der Waals surface area contributed by atoms with E-state index in [1.807, 2.05) is 0 Å². The average Bonchev–Trinajstić information content (AvgIpc) is 3.29. The van der Waals surface area contributed by atoms with Gasteiger partial charge in [0.2, 0.25) is 0 Å². The summed E-state index contributed by atoms with van der Waals surface area (Å²) < 4.78 is 5.71. The van der Waals surface area contributed by atoms with Gasteiger partial charge in [0.1, 0.15) is 0 Å². The second-order valence-corrected chi connectivity index (χ2v) is 6.73. The molecule has 1 heterocycles. The van der Waals surface area contributed by atoms with Crippen LogP contribution in [-0.2, 0) is 4.74 Å². The van der Waals surface area contributed by atoms with E-state index < -0.39 is 0 Å². The minimum absolute atomic E-state index is 0.396. The fourth-order valence-electron chi connectivity index (χ4n) is 3.06. The van der Waals surface area contributed by atoms with Gasteiger partial charge in [-0.15, -0.1) is 0 Å². The third-order valence-electron chi connectivity index (χ3n) is 4.75. The number of nitrogens with zero attached hydrogens (tertiary/aromatic N) is 1. The third-order valence-corrected chi connectivity index (χ3v) is 4.75. The molecule has 3 nitrogen and oxygen atoms in total. The van der Waals surface area contributed by atoms with Gasteiger partial charge in [0, 0.05) is 37.7 Å². The molecule has 1 atom stereocenters. The summed E-state index contributed by atoms with van der Waals surface area (Å²) in [5.41, 5.74) is 0.396. The van der Waals surface area contributed by atoms with E-state index in [-0.39, 0.29) is 0 Å².